The van der Waals surface area contributed by atoms with E-state index in [-0.39, 0.29) is 5.91 Å². The molecule has 3 rings (SSSR count). The number of carbonyl (C=O) groups is 1. The van der Waals surface area contributed by atoms with Gasteiger partial charge in [0, 0.05) is 38.3 Å². The number of hydrogen-bond acceptors (Lipinski definition) is 4. The Labute approximate surface area is 125 Å². The molecule has 2 fully saturated rings. The van der Waals surface area contributed by atoms with Gasteiger partial charge in [0.05, 0.1) is 5.60 Å². The monoisotopic (exact) mass is 289 g/mol. The molecule has 0 saturated carbocycles. The molecule has 2 saturated heterocycles. The van der Waals surface area contributed by atoms with Crippen molar-refractivity contribution < 1.29 is 9.90 Å². The third-order valence-electron chi connectivity index (χ3n) is 4.33. The number of nitrogens with one attached hydrogen (secondary N) is 2. The van der Waals surface area contributed by atoms with Crippen LogP contribution in [0.5, 0.6) is 0 Å². The van der Waals surface area contributed by atoms with E-state index in [4.69, 9.17) is 0 Å². The Kier molecular flexibility index (Phi) is 4.24. The molecule has 1 amide bonds. The highest BCUT2D eigenvalue weighted by Gasteiger charge is 2.30. The first-order valence-electron chi connectivity index (χ1n) is 7.69. The van der Waals surface area contributed by atoms with Gasteiger partial charge < -0.3 is 20.6 Å². The van der Waals surface area contributed by atoms with Gasteiger partial charge in [0.1, 0.15) is 0 Å². The predicted molar refractivity (Wildman–Crippen MR) is 82.2 cm³/mol. The van der Waals surface area contributed by atoms with E-state index in [1.54, 1.807) is 0 Å². The van der Waals surface area contributed by atoms with Gasteiger partial charge in [0.2, 0.25) is 5.91 Å². The number of β-amino-alcohol motifs (C(OH)–C–C–N with tert-alkyl or cyclic N) is 1. The van der Waals surface area contributed by atoms with E-state index >= 15 is 0 Å². The number of carbonyl (C=O) groups excluding carboxylic acids is 1. The smallest absolute Gasteiger partial charge is 0.227 e. The fourth-order valence-corrected chi connectivity index (χ4v) is 3.04. The molecule has 2 heterocycles. The lowest BCUT2D eigenvalue weighted by atomic mass is 10.0. The van der Waals surface area contributed by atoms with Crippen molar-refractivity contribution in [1.29, 1.82) is 0 Å². The van der Waals surface area contributed by atoms with Gasteiger partial charge in [-0.1, -0.05) is 12.1 Å². The minimum atomic E-state index is -0.609. The van der Waals surface area contributed by atoms with Crippen molar-refractivity contribution in [1.82, 2.24) is 10.6 Å². The van der Waals surface area contributed by atoms with E-state index in [1.165, 1.54) is 5.56 Å². The molecule has 1 aromatic rings. The number of hydrogen-bond donors (Lipinski definition) is 3. The average Bonchev–Trinajstić information content (AvgIpc) is 3.09. The van der Waals surface area contributed by atoms with Crippen LogP contribution in [-0.2, 0) is 11.3 Å². The maximum absolute atomic E-state index is 11.7. The van der Waals surface area contributed by atoms with E-state index in [9.17, 15) is 9.90 Å². The molecular weight excluding hydrogens is 266 g/mol. The van der Waals surface area contributed by atoms with Gasteiger partial charge in [-0.2, -0.15) is 0 Å². The second-order valence-corrected chi connectivity index (χ2v) is 6.07. The first-order chi connectivity index (χ1) is 10.2. The van der Waals surface area contributed by atoms with Crippen LogP contribution in [0.25, 0.3) is 0 Å². The highest BCUT2D eigenvalue weighted by molar-refractivity contribution is 5.95. The fourth-order valence-electron chi connectivity index (χ4n) is 3.04. The van der Waals surface area contributed by atoms with Crippen molar-refractivity contribution in [2.75, 3.05) is 31.1 Å². The van der Waals surface area contributed by atoms with Gasteiger partial charge in [-0.15, -0.1) is 0 Å². The fraction of sp³-hybridized carbons (Fsp3) is 0.562. The van der Waals surface area contributed by atoms with E-state index < -0.39 is 5.60 Å². The van der Waals surface area contributed by atoms with Crippen LogP contribution in [0.3, 0.4) is 0 Å². The number of anilines is 1. The Morgan fingerprint density at radius 1 is 1.33 bits per heavy atom. The van der Waals surface area contributed by atoms with Gasteiger partial charge in [0.25, 0.3) is 0 Å². The van der Waals surface area contributed by atoms with Crippen molar-refractivity contribution in [3.63, 3.8) is 0 Å². The first kappa shape index (κ1) is 14.5. The third kappa shape index (κ3) is 3.43. The molecule has 5 heteroatoms. The van der Waals surface area contributed by atoms with Gasteiger partial charge >= 0.3 is 0 Å². The Morgan fingerprint density at radius 2 is 2.14 bits per heavy atom. The Morgan fingerprint density at radius 3 is 2.76 bits per heavy atom. The lowest BCUT2D eigenvalue weighted by molar-refractivity contribution is -0.117. The molecule has 0 unspecified atom stereocenters. The summed E-state index contributed by atoms with van der Waals surface area (Å²) in [6, 6.07) is 8.11. The van der Waals surface area contributed by atoms with Crippen LogP contribution in [0.2, 0.25) is 0 Å². The molecule has 0 aromatic heterocycles. The lowest BCUT2D eigenvalue weighted by Crippen LogP contribution is -2.42. The molecule has 1 aromatic carbocycles. The van der Waals surface area contributed by atoms with Gasteiger partial charge in [-0.05, 0) is 37.1 Å². The zero-order valence-electron chi connectivity index (χ0n) is 12.3. The van der Waals surface area contributed by atoms with Gasteiger partial charge in [0.15, 0.2) is 0 Å². The quantitative estimate of drug-likeness (QED) is 0.744. The lowest BCUT2D eigenvalue weighted by Gasteiger charge is -2.21. The molecule has 1 atom stereocenters. The van der Waals surface area contributed by atoms with Crippen molar-refractivity contribution in [2.45, 2.75) is 31.4 Å². The Hall–Kier alpha value is -1.43. The number of benzene rings is 1. The second-order valence-electron chi connectivity index (χ2n) is 6.07. The summed E-state index contributed by atoms with van der Waals surface area (Å²) >= 11 is 0. The zero-order valence-corrected chi connectivity index (χ0v) is 12.3. The summed E-state index contributed by atoms with van der Waals surface area (Å²) < 4.78 is 0. The summed E-state index contributed by atoms with van der Waals surface area (Å²) in [7, 11) is 0. The molecule has 114 valence electrons. The molecule has 2 aliphatic heterocycles. The van der Waals surface area contributed by atoms with Crippen molar-refractivity contribution in [2.24, 2.45) is 0 Å². The van der Waals surface area contributed by atoms with Crippen LogP contribution < -0.4 is 15.5 Å². The zero-order chi connectivity index (χ0) is 14.7. The minimum Gasteiger partial charge on any atom is -0.387 e. The standard InChI is InChI=1S/C16H23N3O2/c20-15-2-1-9-19(15)14-5-3-13(4-6-14)10-18-12-16(21)7-8-17-11-16/h3-6,17-18,21H,1-2,7-12H2/t16-/m1/s1. The summed E-state index contributed by atoms with van der Waals surface area (Å²) in [6.07, 6.45) is 2.42. The molecule has 0 bridgehead atoms. The molecular formula is C16H23N3O2. The summed E-state index contributed by atoms with van der Waals surface area (Å²) in [5.41, 5.74) is 1.54. The largest absolute Gasteiger partial charge is 0.387 e. The van der Waals surface area contributed by atoms with E-state index in [0.29, 0.717) is 19.5 Å². The molecule has 5 nitrogen and oxygen atoms in total. The van der Waals surface area contributed by atoms with Crippen LogP contribution in [0.4, 0.5) is 5.69 Å². The van der Waals surface area contributed by atoms with Crippen LogP contribution in [0.1, 0.15) is 24.8 Å². The van der Waals surface area contributed by atoms with Crippen molar-refractivity contribution in [3.8, 4) is 0 Å². The summed E-state index contributed by atoms with van der Waals surface area (Å²) in [4.78, 5) is 13.5. The summed E-state index contributed by atoms with van der Waals surface area (Å²) in [5.74, 6) is 0.219. The van der Waals surface area contributed by atoms with E-state index in [2.05, 4.69) is 10.6 Å². The number of aliphatic hydroxyl groups is 1. The topological polar surface area (TPSA) is 64.6 Å². The molecule has 0 aliphatic carbocycles. The van der Waals surface area contributed by atoms with Crippen molar-refractivity contribution in [3.05, 3.63) is 29.8 Å². The molecule has 3 N–H and O–H groups in total. The van der Waals surface area contributed by atoms with Gasteiger partial charge in [-0.3, -0.25) is 4.79 Å². The molecule has 2 aliphatic rings. The number of rotatable bonds is 5. The van der Waals surface area contributed by atoms with Crippen molar-refractivity contribution >= 4 is 11.6 Å². The maximum atomic E-state index is 11.7. The van der Waals surface area contributed by atoms with Crippen LogP contribution in [0, 0.1) is 0 Å². The SMILES string of the molecule is O=C1CCCN1c1ccc(CNC[C@@]2(O)CCNC2)cc1. The molecule has 0 spiro atoms. The Balaban J connectivity index is 1.51. The normalized spacial score (nSPS) is 25.8. The summed E-state index contributed by atoms with van der Waals surface area (Å²) in [5, 5.41) is 16.7. The number of amides is 1. The first-order valence-corrected chi connectivity index (χ1v) is 7.69. The maximum Gasteiger partial charge on any atom is 0.227 e. The highest BCUT2D eigenvalue weighted by Crippen LogP contribution is 2.21. The van der Waals surface area contributed by atoms with Crippen LogP contribution in [-0.4, -0.2) is 42.8 Å². The predicted octanol–water partition coefficient (Wildman–Crippen LogP) is 0.627. The van der Waals surface area contributed by atoms with Gasteiger partial charge in [-0.25, -0.2) is 0 Å². The molecule has 0 radical (unpaired) electrons. The van der Waals surface area contributed by atoms with E-state index in [1.807, 2.05) is 29.2 Å². The number of nitrogens with zero attached hydrogens (tertiary/aromatic N) is 1. The highest BCUT2D eigenvalue weighted by atomic mass is 16.3. The van der Waals surface area contributed by atoms with E-state index in [0.717, 1.165) is 38.2 Å². The second kappa shape index (κ2) is 6.13. The summed E-state index contributed by atoms with van der Waals surface area (Å²) in [6.45, 7) is 3.71. The van der Waals surface area contributed by atoms with Crippen LogP contribution >= 0.6 is 0 Å². The third-order valence-corrected chi connectivity index (χ3v) is 4.33. The minimum absolute atomic E-state index is 0.219. The average molecular weight is 289 g/mol. The van der Waals surface area contributed by atoms with Crippen LogP contribution in [0.15, 0.2) is 24.3 Å². The molecule has 21 heavy (non-hydrogen) atoms. The Bertz CT molecular complexity index is 495.